The van der Waals surface area contributed by atoms with Gasteiger partial charge in [0.15, 0.2) is 0 Å². The summed E-state index contributed by atoms with van der Waals surface area (Å²) in [6.45, 7) is 0.696. The second-order valence-corrected chi connectivity index (χ2v) is 6.43. The van der Waals surface area contributed by atoms with Crippen LogP contribution in [0.1, 0.15) is 16.7 Å². The minimum Gasteiger partial charge on any atom is -0.290 e. The largest absolute Gasteiger partial charge is 0.290 e. The topological polar surface area (TPSA) is 112 Å². The number of anilines is 1. The van der Waals surface area contributed by atoms with E-state index in [-0.39, 0.29) is 11.5 Å². The van der Waals surface area contributed by atoms with Crippen molar-refractivity contribution in [3.8, 4) is 17.3 Å². The first kappa shape index (κ1) is 18.8. The highest BCUT2D eigenvalue weighted by Crippen LogP contribution is 2.19. The Balaban J connectivity index is 1.49. The van der Waals surface area contributed by atoms with Crippen molar-refractivity contribution in [3.05, 3.63) is 100 Å². The highest BCUT2D eigenvalue weighted by molar-refractivity contribution is 5.80. The second kappa shape index (κ2) is 8.67. The summed E-state index contributed by atoms with van der Waals surface area (Å²) in [4.78, 5) is 19.1. The molecule has 4 aromatic rings. The number of H-pyrrole nitrogens is 1. The molecule has 2 aromatic heterocycles. The first-order valence-electron chi connectivity index (χ1n) is 9.18. The predicted octanol–water partition coefficient (Wildman–Crippen LogP) is 3.00. The molecule has 0 amide bonds. The van der Waals surface area contributed by atoms with E-state index in [1.165, 1.54) is 0 Å². The van der Waals surface area contributed by atoms with Gasteiger partial charge in [-0.15, -0.1) is 0 Å². The van der Waals surface area contributed by atoms with E-state index >= 15 is 0 Å². The second-order valence-electron chi connectivity index (χ2n) is 6.43. The van der Waals surface area contributed by atoms with Crippen LogP contribution in [0.25, 0.3) is 11.3 Å². The van der Waals surface area contributed by atoms with Crippen LogP contribution in [0.15, 0.2) is 83.0 Å². The summed E-state index contributed by atoms with van der Waals surface area (Å²) >= 11 is 0. The monoisotopic (exact) mass is 395 g/mol. The molecule has 2 aromatic carbocycles. The molecule has 0 aliphatic rings. The standard InChI is InChI=1S/C22H17N7O/c23-13-19-20(18-5-2-1-3-6-18)26-22(27-21(19)30)28-24-14-16-7-9-17(10-8-16)15-29-12-4-11-25-29/h1-12,14H,15H2,(H2,26,27,28,30). The zero-order chi connectivity index (χ0) is 20.8. The van der Waals surface area contributed by atoms with Gasteiger partial charge in [-0.1, -0.05) is 54.6 Å². The van der Waals surface area contributed by atoms with Crippen LogP contribution in [0.2, 0.25) is 0 Å². The van der Waals surface area contributed by atoms with E-state index in [4.69, 9.17) is 0 Å². The fourth-order valence-electron chi connectivity index (χ4n) is 2.89. The number of rotatable bonds is 6. The van der Waals surface area contributed by atoms with Gasteiger partial charge in [0.2, 0.25) is 5.95 Å². The van der Waals surface area contributed by atoms with E-state index in [1.807, 2.05) is 65.5 Å². The average Bonchev–Trinajstić information content (AvgIpc) is 3.28. The molecule has 0 atom stereocenters. The van der Waals surface area contributed by atoms with Gasteiger partial charge in [0.25, 0.3) is 5.56 Å². The molecule has 0 aliphatic heterocycles. The quantitative estimate of drug-likeness (QED) is 0.385. The van der Waals surface area contributed by atoms with Crippen LogP contribution in [-0.4, -0.2) is 26.0 Å². The minimum atomic E-state index is -0.521. The first-order chi connectivity index (χ1) is 14.7. The third-order valence-corrected chi connectivity index (χ3v) is 4.35. The van der Waals surface area contributed by atoms with E-state index in [0.29, 0.717) is 17.8 Å². The van der Waals surface area contributed by atoms with Crippen molar-refractivity contribution >= 4 is 12.2 Å². The van der Waals surface area contributed by atoms with Crippen LogP contribution in [0.5, 0.6) is 0 Å². The summed E-state index contributed by atoms with van der Waals surface area (Å²) in [5.74, 6) is 0.157. The smallest absolute Gasteiger partial charge is 0.270 e. The molecule has 0 saturated carbocycles. The van der Waals surface area contributed by atoms with E-state index in [9.17, 15) is 10.1 Å². The molecule has 0 spiro atoms. The Kier molecular flexibility index (Phi) is 5.44. The van der Waals surface area contributed by atoms with Crippen molar-refractivity contribution in [3.63, 3.8) is 0 Å². The molecule has 30 heavy (non-hydrogen) atoms. The molecule has 4 rings (SSSR count). The van der Waals surface area contributed by atoms with Gasteiger partial charge in [-0.25, -0.2) is 10.4 Å². The molecule has 0 fully saturated rings. The summed E-state index contributed by atoms with van der Waals surface area (Å²) in [5, 5.41) is 17.6. The molecule has 0 unspecified atom stereocenters. The van der Waals surface area contributed by atoms with Crippen molar-refractivity contribution in [2.75, 3.05) is 5.43 Å². The van der Waals surface area contributed by atoms with Crippen molar-refractivity contribution in [2.45, 2.75) is 6.54 Å². The molecule has 8 heteroatoms. The lowest BCUT2D eigenvalue weighted by molar-refractivity contribution is 0.687. The minimum absolute atomic E-state index is 0.0384. The number of nitriles is 1. The van der Waals surface area contributed by atoms with E-state index in [2.05, 4.69) is 25.6 Å². The summed E-state index contributed by atoms with van der Waals surface area (Å²) in [6.07, 6.45) is 5.28. The molecule has 2 N–H and O–H groups in total. The Morgan fingerprint density at radius 2 is 1.93 bits per heavy atom. The van der Waals surface area contributed by atoms with Crippen LogP contribution in [0.4, 0.5) is 5.95 Å². The number of nitrogens with zero attached hydrogens (tertiary/aromatic N) is 5. The Morgan fingerprint density at radius 1 is 1.13 bits per heavy atom. The first-order valence-corrected chi connectivity index (χ1v) is 9.18. The van der Waals surface area contributed by atoms with Crippen molar-refractivity contribution < 1.29 is 0 Å². The lowest BCUT2D eigenvalue weighted by Crippen LogP contribution is -2.16. The van der Waals surface area contributed by atoms with Gasteiger partial charge in [0.1, 0.15) is 11.6 Å². The lowest BCUT2D eigenvalue weighted by Gasteiger charge is -2.06. The lowest BCUT2D eigenvalue weighted by atomic mass is 10.1. The van der Waals surface area contributed by atoms with Crippen LogP contribution in [-0.2, 0) is 6.54 Å². The van der Waals surface area contributed by atoms with Gasteiger partial charge in [-0.3, -0.25) is 14.5 Å². The summed E-state index contributed by atoms with van der Waals surface area (Å²) in [5.41, 5.74) is 5.15. The average molecular weight is 395 g/mol. The predicted molar refractivity (Wildman–Crippen MR) is 114 cm³/mol. The summed E-state index contributed by atoms with van der Waals surface area (Å²) < 4.78 is 1.85. The van der Waals surface area contributed by atoms with Crippen molar-refractivity contribution in [1.82, 2.24) is 19.7 Å². The third-order valence-electron chi connectivity index (χ3n) is 4.35. The van der Waals surface area contributed by atoms with Gasteiger partial charge >= 0.3 is 0 Å². The zero-order valence-electron chi connectivity index (χ0n) is 15.9. The van der Waals surface area contributed by atoms with E-state index in [1.54, 1.807) is 24.5 Å². The van der Waals surface area contributed by atoms with Crippen molar-refractivity contribution in [2.24, 2.45) is 5.10 Å². The molecule has 146 valence electrons. The van der Waals surface area contributed by atoms with Crippen LogP contribution in [0, 0.1) is 11.3 Å². The molecule has 2 heterocycles. The maximum atomic E-state index is 12.2. The SMILES string of the molecule is N#Cc1c(-c2ccccc2)nc(NN=Cc2ccc(Cn3cccn3)cc2)[nH]c1=O. The summed E-state index contributed by atoms with van der Waals surface area (Å²) in [7, 11) is 0. The van der Waals surface area contributed by atoms with Gasteiger partial charge in [-0.2, -0.15) is 15.5 Å². The molecular formula is C22H17N7O. The van der Waals surface area contributed by atoms with E-state index < -0.39 is 5.56 Å². The number of benzene rings is 2. The van der Waals surface area contributed by atoms with Crippen LogP contribution in [0.3, 0.4) is 0 Å². The fraction of sp³-hybridized carbons (Fsp3) is 0.0455. The molecular weight excluding hydrogens is 378 g/mol. The zero-order valence-corrected chi connectivity index (χ0v) is 15.9. The van der Waals surface area contributed by atoms with Crippen LogP contribution >= 0.6 is 0 Å². The summed E-state index contributed by atoms with van der Waals surface area (Å²) in [6, 6.07) is 20.8. The number of hydrazone groups is 1. The molecule has 0 aliphatic carbocycles. The van der Waals surface area contributed by atoms with E-state index in [0.717, 1.165) is 11.1 Å². The Labute approximate surface area is 172 Å². The van der Waals surface area contributed by atoms with Crippen LogP contribution < -0.4 is 11.0 Å². The number of hydrogen-bond acceptors (Lipinski definition) is 6. The molecule has 8 nitrogen and oxygen atoms in total. The molecule has 0 bridgehead atoms. The number of aromatic amines is 1. The number of nitrogens with one attached hydrogen (secondary N) is 2. The maximum Gasteiger partial charge on any atom is 0.270 e. The molecule has 0 saturated heterocycles. The van der Waals surface area contributed by atoms with Crippen molar-refractivity contribution in [1.29, 1.82) is 5.26 Å². The van der Waals surface area contributed by atoms with Gasteiger partial charge in [0.05, 0.1) is 18.5 Å². The van der Waals surface area contributed by atoms with Gasteiger partial charge < -0.3 is 0 Å². The Hall–Kier alpha value is -4.51. The number of hydrogen-bond donors (Lipinski definition) is 2. The van der Waals surface area contributed by atoms with Gasteiger partial charge in [-0.05, 0) is 17.2 Å². The Bertz CT molecular complexity index is 1250. The maximum absolute atomic E-state index is 12.2. The number of aromatic nitrogens is 4. The Morgan fingerprint density at radius 3 is 2.63 bits per heavy atom. The third kappa shape index (κ3) is 4.31. The highest BCUT2D eigenvalue weighted by atomic mass is 16.1. The molecule has 0 radical (unpaired) electrons. The van der Waals surface area contributed by atoms with Gasteiger partial charge in [0, 0.05) is 18.0 Å². The highest BCUT2D eigenvalue weighted by Gasteiger charge is 2.12. The fourth-order valence-corrected chi connectivity index (χ4v) is 2.89. The normalized spacial score (nSPS) is 10.8.